The fourth-order valence-electron chi connectivity index (χ4n) is 1.68. The topological polar surface area (TPSA) is 48.3 Å². The smallest absolute Gasteiger partial charge is 0.250 e. The first-order valence-corrected chi connectivity index (χ1v) is 5.38. The Bertz CT molecular complexity index is 601. The summed E-state index contributed by atoms with van der Waals surface area (Å²) in [4.78, 5) is 21.6. The molecule has 0 aliphatic rings. The van der Waals surface area contributed by atoms with Crippen molar-refractivity contribution in [1.82, 2.24) is 4.57 Å². The van der Waals surface area contributed by atoms with Gasteiger partial charge in [0, 0.05) is 24.9 Å². The monoisotopic (exact) mass is 231 g/mol. The van der Waals surface area contributed by atoms with Gasteiger partial charge in [-0.3, -0.25) is 4.79 Å². The second-order valence-electron chi connectivity index (χ2n) is 3.76. The Morgan fingerprint density at radius 3 is 2.88 bits per heavy atom. The van der Waals surface area contributed by atoms with Crippen molar-refractivity contribution in [1.29, 1.82) is 0 Å². The van der Waals surface area contributed by atoms with E-state index in [1.165, 1.54) is 6.07 Å². The van der Waals surface area contributed by atoms with Gasteiger partial charge in [0.25, 0.3) is 5.56 Å². The molecule has 0 bridgehead atoms. The van der Waals surface area contributed by atoms with E-state index in [2.05, 4.69) is 0 Å². The van der Waals surface area contributed by atoms with E-state index in [4.69, 9.17) is 4.74 Å². The number of hydrogen-bond donors (Lipinski definition) is 0. The highest BCUT2D eigenvalue weighted by Gasteiger charge is 2.01. The molecular weight excluding hydrogens is 218 g/mol. The summed E-state index contributed by atoms with van der Waals surface area (Å²) >= 11 is 0. The van der Waals surface area contributed by atoms with Crippen molar-refractivity contribution in [3.8, 4) is 5.75 Å². The quantitative estimate of drug-likeness (QED) is 0.592. The van der Waals surface area contributed by atoms with Crippen LogP contribution in [-0.2, 0) is 11.8 Å². The molecular formula is C13H13NO3. The molecule has 2 rings (SSSR count). The molecule has 0 fully saturated rings. The maximum Gasteiger partial charge on any atom is 0.250 e. The molecule has 0 spiro atoms. The molecule has 0 atom stereocenters. The van der Waals surface area contributed by atoms with Crippen LogP contribution in [0.2, 0.25) is 0 Å². The molecule has 4 heteroatoms. The lowest BCUT2D eigenvalue weighted by atomic mass is 10.2. The fraction of sp³-hybridized carbons (Fsp3) is 0.231. The molecule has 0 unspecified atom stereocenters. The fourth-order valence-corrected chi connectivity index (χ4v) is 1.68. The van der Waals surface area contributed by atoms with E-state index in [9.17, 15) is 9.59 Å². The van der Waals surface area contributed by atoms with Crippen molar-refractivity contribution in [3.05, 3.63) is 40.7 Å². The number of fused-ring (bicyclic) bond motifs is 1. The number of aldehydes is 1. The van der Waals surface area contributed by atoms with Gasteiger partial charge in [-0.1, -0.05) is 0 Å². The second kappa shape index (κ2) is 4.82. The van der Waals surface area contributed by atoms with Crippen LogP contribution in [-0.4, -0.2) is 17.5 Å². The highest BCUT2D eigenvalue weighted by atomic mass is 16.5. The minimum atomic E-state index is -0.0351. The van der Waals surface area contributed by atoms with Gasteiger partial charge in [0.2, 0.25) is 0 Å². The molecule has 4 nitrogen and oxygen atoms in total. The molecule has 0 saturated carbocycles. The minimum absolute atomic E-state index is 0.0351. The summed E-state index contributed by atoms with van der Waals surface area (Å²) in [5, 5.41) is 0.940. The summed E-state index contributed by atoms with van der Waals surface area (Å²) in [5.74, 6) is 0.706. The number of benzene rings is 1. The van der Waals surface area contributed by atoms with E-state index < -0.39 is 0 Å². The molecule has 0 N–H and O–H groups in total. The maximum absolute atomic E-state index is 11.4. The highest BCUT2D eigenvalue weighted by molar-refractivity contribution is 5.80. The van der Waals surface area contributed by atoms with Gasteiger partial charge in [0.15, 0.2) is 0 Å². The van der Waals surface area contributed by atoms with Gasteiger partial charge in [-0.15, -0.1) is 0 Å². The molecule has 1 aromatic carbocycles. The summed E-state index contributed by atoms with van der Waals surface area (Å²) < 4.78 is 6.99. The Balaban J connectivity index is 2.35. The van der Waals surface area contributed by atoms with Gasteiger partial charge in [-0.25, -0.2) is 0 Å². The molecule has 88 valence electrons. The van der Waals surface area contributed by atoms with Gasteiger partial charge in [0.05, 0.1) is 12.1 Å². The zero-order chi connectivity index (χ0) is 12.3. The average Bonchev–Trinajstić information content (AvgIpc) is 2.34. The molecule has 0 amide bonds. The summed E-state index contributed by atoms with van der Waals surface area (Å²) in [5.41, 5.74) is 0.826. The van der Waals surface area contributed by atoms with Crippen LogP contribution in [0.5, 0.6) is 5.75 Å². The Morgan fingerprint density at radius 2 is 2.12 bits per heavy atom. The average molecular weight is 231 g/mol. The number of carbonyl (C=O) groups excluding carboxylic acids is 1. The Labute approximate surface area is 98.4 Å². The van der Waals surface area contributed by atoms with E-state index >= 15 is 0 Å². The molecule has 17 heavy (non-hydrogen) atoms. The van der Waals surface area contributed by atoms with E-state index in [1.54, 1.807) is 23.7 Å². The number of aryl methyl sites for hydroxylation is 1. The standard InChI is InChI=1S/C13H13NO3/c1-14-12-5-4-11(17-8-2-7-15)9-10(12)3-6-13(14)16/h3-7,9H,2,8H2,1H3. The van der Waals surface area contributed by atoms with E-state index in [0.29, 0.717) is 18.8 Å². The first kappa shape index (κ1) is 11.4. The number of carbonyl (C=O) groups is 1. The van der Waals surface area contributed by atoms with Crippen LogP contribution in [0.1, 0.15) is 6.42 Å². The maximum atomic E-state index is 11.4. The highest BCUT2D eigenvalue weighted by Crippen LogP contribution is 2.19. The summed E-state index contributed by atoms with van der Waals surface area (Å²) in [6.45, 7) is 0.376. The van der Waals surface area contributed by atoms with Crippen molar-refractivity contribution in [3.63, 3.8) is 0 Å². The predicted octanol–water partition coefficient (Wildman–Crippen LogP) is 1.51. The molecule has 0 aliphatic heterocycles. The summed E-state index contributed by atoms with van der Waals surface area (Å²) in [6.07, 6.45) is 1.20. The van der Waals surface area contributed by atoms with Crippen LogP contribution < -0.4 is 10.3 Å². The normalized spacial score (nSPS) is 10.4. The molecule has 0 saturated heterocycles. The third-order valence-electron chi connectivity index (χ3n) is 2.60. The lowest BCUT2D eigenvalue weighted by Gasteiger charge is -2.07. The third kappa shape index (κ3) is 2.36. The third-order valence-corrected chi connectivity index (χ3v) is 2.60. The zero-order valence-corrected chi connectivity index (χ0v) is 9.55. The van der Waals surface area contributed by atoms with Crippen LogP contribution in [0.4, 0.5) is 0 Å². The van der Waals surface area contributed by atoms with Crippen LogP contribution in [0.15, 0.2) is 35.1 Å². The second-order valence-corrected chi connectivity index (χ2v) is 3.76. The van der Waals surface area contributed by atoms with Crippen LogP contribution >= 0.6 is 0 Å². The van der Waals surface area contributed by atoms with Gasteiger partial charge >= 0.3 is 0 Å². The SMILES string of the molecule is Cn1c(=O)ccc2cc(OCCC=O)ccc21. The number of pyridine rings is 1. The summed E-state index contributed by atoms with van der Waals surface area (Å²) in [6, 6.07) is 8.79. The van der Waals surface area contributed by atoms with Crippen molar-refractivity contribution in [2.45, 2.75) is 6.42 Å². The van der Waals surface area contributed by atoms with Crippen LogP contribution in [0, 0.1) is 0 Å². The lowest BCUT2D eigenvalue weighted by molar-refractivity contribution is -0.108. The van der Waals surface area contributed by atoms with Gasteiger partial charge in [-0.05, 0) is 24.3 Å². The van der Waals surface area contributed by atoms with Gasteiger partial charge in [-0.2, -0.15) is 0 Å². The van der Waals surface area contributed by atoms with Crippen molar-refractivity contribution in [2.75, 3.05) is 6.61 Å². The first-order valence-electron chi connectivity index (χ1n) is 5.38. The van der Waals surface area contributed by atoms with Crippen LogP contribution in [0.25, 0.3) is 10.9 Å². The number of hydrogen-bond acceptors (Lipinski definition) is 3. The van der Waals surface area contributed by atoms with Gasteiger partial charge in [0.1, 0.15) is 12.0 Å². The predicted molar refractivity (Wildman–Crippen MR) is 65.4 cm³/mol. The zero-order valence-electron chi connectivity index (χ0n) is 9.55. The number of ether oxygens (including phenoxy) is 1. The number of nitrogens with zero attached hydrogens (tertiary/aromatic N) is 1. The van der Waals surface area contributed by atoms with Crippen molar-refractivity contribution < 1.29 is 9.53 Å². The molecule has 1 heterocycles. The largest absolute Gasteiger partial charge is 0.493 e. The minimum Gasteiger partial charge on any atom is -0.493 e. The lowest BCUT2D eigenvalue weighted by Crippen LogP contribution is -2.14. The molecule has 0 aliphatic carbocycles. The Morgan fingerprint density at radius 1 is 1.29 bits per heavy atom. The number of rotatable bonds is 4. The van der Waals surface area contributed by atoms with Crippen molar-refractivity contribution in [2.24, 2.45) is 7.05 Å². The first-order chi connectivity index (χ1) is 8.22. The van der Waals surface area contributed by atoms with Crippen LogP contribution in [0.3, 0.4) is 0 Å². The molecule has 2 aromatic rings. The van der Waals surface area contributed by atoms with E-state index in [0.717, 1.165) is 17.2 Å². The van der Waals surface area contributed by atoms with E-state index in [-0.39, 0.29) is 5.56 Å². The van der Waals surface area contributed by atoms with Crippen molar-refractivity contribution >= 4 is 17.2 Å². The molecule has 1 aromatic heterocycles. The van der Waals surface area contributed by atoms with Gasteiger partial charge < -0.3 is 14.1 Å². The number of aromatic nitrogens is 1. The Kier molecular flexibility index (Phi) is 3.23. The summed E-state index contributed by atoms with van der Waals surface area (Å²) in [7, 11) is 1.73. The van der Waals surface area contributed by atoms with E-state index in [1.807, 2.05) is 12.1 Å². The molecule has 0 radical (unpaired) electrons. The Hall–Kier alpha value is -2.10.